The second kappa shape index (κ2) is 4.81. The summed E-state index contributed by atoms with van der Waals surface area (Å²) in [4.78, 5) is -0.265. The highest BCUT2D eigenvalue weighted by Gasteiger charge is 2.18. The molecule has 0 unspecified atom stereocenters. The second-order valence-electron chi connectivity index (χ2n) is 3.83. The van der Waals surface area contributed by atoms with Gasteiger partial charge in [0.1, 0.15) is 5.82 Å². The van der Waals surface area contributed by atoms with Gasteiger partial charge >= 0.3 is 0 Å². The van der Waals surface area contributed by atoms with E-state index < -0.39 is 15.8 Å². The van der Waals surface area contributed by atoms with Gasteiger partial charge in [0, 0.05) is 17.4 Å². The minimum atomic E-state index is -3.95. The molecule has 0 atom stereocenters. The van der Waals surface area contributed by atoms with Crippen LogP contribution in [0.3, 0.4) is 0 Å². The van der Waals surface area contributed by atoms with Gasteiger partial charge in [0.15, 0.2) is 5.82 Å². The average Bonchev–Trinajstić information content (AvgIpc) is 2.36. The first-order valence-electron chi connectivity index (χ1n) is 5.26. The number of aromatic nitrogens is 2. The molecular weight excluding hydrogens is 271 g/mol. The lowest BCUT2D eigenvalue weighted by Crippen LogP contribution is -2.15. The first-order valence-corrected chi connectivity index (χ1v) is 6.74. The zero-order chi connectivity index (χ0) is 14.0. The van der Waals surface area contributed by atoms with Crippen molar-refractivity contribution >= 4 is 21.5 Å². The van der Waals surface area contributed by atoms with Gasteiger partial charge in [-0.15, -0.1) is 5.10 Å². The first kappa shape index (κ1) is 13.2. The van der Waals surface area contributed by atoms with Gasteiger partial charge in [0.25, 0.3) is 10.0 Å². The Morgan fingerprint density at radius 2 is 2.11 bits per heavy atom. The van der Waals surface area contributed by atoms with E-state index in [1.54, 1.807) is 0 Å². The monoisotopic (exact) mass is 282 g/mol. The summed E-state index contributed by atoms with van der Waals surface area (Å²) in [6, 6.07) is 5.05. The standard InChI is InChI=1S/C11H11FN4O2S/c1-7-9(12)5-8(6-10(7)13)19(17,18)16-11-3-2-4-14-15-11/h2-6H,13H2,1H3,(H,15,16). The van der Waals surface area contributed by atoms with Crippen LogP contribution in [0.1, 0.15) is 5.56 Å². The molecule has 0 aliphatic rings. The van der Waals surface area contributed by atoms with Crippen molar-refractivity contribution in [1.82, 2.24) is 10.2 Å². The lowest BCUT2D eigenvalue weighted by atomic mass is 10.2. The van der Waals surface area contributed by atoms with E-state index in [9.17, 15) is 12.8 Å². The Hall–Kier alpha value is -2.22. The van der Waals surface area contributed by atoms with Crippen LogP contribution in [0.5, 0.6) is 0 Å². The van der Waals surface area contributed by atoms with Crippen LogP contribution < -0.4 is 10.5 Å². The molecule has 0 aliphatic heterocycles. The molecule has 2 aromatic rings. The fraction of sp³-hybridized carbons (Fsp3) is 0.0909. The number of hydrogen-bond donors (Lipinski definition) is 2. The molecule has 0 radical (unpaired) electrons. The van der Waals surface area contributed by atoms with Crippen molar-refractivity contribution in [2.24, 2.45) is 0 Å². The molecule has 0 saturated heterocycles. The largest absolute Gasteiger partial charge is 0.398 e. The van der Waals surface area contributed by atoms with Crippen molar-refractivity contribution in [3.63, 3.8) is 0 Å². The normalized spacial score (nSPS) is 11.3. The summed E-state index contributed by atoms with van der Waals surface area (Å²) >= 11 is 0. The summed E-state index contributed by atoms with van der Waals surface area (Å²) in [5.74, 6) is -0.637. The molecule has 0 saturated carbocycles. The zero-order valence-electron chi connectivity index (χ0n) is 9.96. The molecule has 0 bridgehead atoms. The van der Waals surface area contributed by atoms with E-state index in [-0.39, 0.29) is 22.0 Å². The number of sulfonamides is 1. The van der Waals surface area contributed by atoms with Crippen molar-refractivity contribution in [3.05, 3.63) is 41.8 Å². The second-order valence-corrected chi connectivity index (χ2v) is 5.52. The Morgan fingerprint density at radius 3 is 2.68 bits per heavy atom. The molecule has 6 nitrogen and oxygen atoms in total. The third-order valence-electron chi connectivity index (χ3n) is 2.48. The number of nitrogens with one attached hydrogen (secondary N) is 1. The van der Waals surface area contributed by atoms with Gasteiger partial charge in [-0.25, -0.2) is 12.8 Å². The highest BCUT2D eigenvalue weighted by atomic mass is 32.2. The molecule has 0 amide bonds. The van der Waals surface area contributed by atoms with Crippen LogP contribution in [0.2, 0.25) is 0 Å². The summed E-state index contributed by atoms with van der Waals surface area (Å²) < 4.78 is 39.7. The number of rotatable bonds is 3. The van der Waals surface area contributed by atoms with Crippen molar-refractivity contribution in [2.45, 2.75) is 11.8 Å². The van der Waals surface area contributed by atoms with Gasteiger partial charge in [-0.2, -0.15) is 5.10 Å². The van der Waals surface area contributed by atoms with E-state index in [0.29, 0.717) is 0 Å². The number of benzene rings is 1. The molecule has 1 aromatic carbocycles. The van der Waals surface area contributed by atoms with Gasteiger partial charge in [-0.3, -0.25) is 4.72 Å². The van der Waals surface area contributed by atoms with Gasteiger partial charge < -0.3 is 5.73 Å². The third-order valence-corrected chi connectivity index (χ3v) is 3.81. The molecule has 1 aromatic heterocycles. The number of halogens is 1. The fourth-order valence-electron chi connectivity index (χ4n) is 1.38. The molecule has 100 valence electrons. The van der Waals surface area contributed by atoms with Crippen LogP contribution in [-0.4, -0.2) is 18.6 Å². The maximum Gasteiger partial charge on any atom is 0.263 e. The maximum absolute atomic E-state index is 13.5. The summed E-state index contributed by atoms with van der Waals surface area (Å²) in [7, 11) is -3.95. The van der Waals surface area contributed by atoms with E-state index in [2.05, 4.69) is 14.9 Å². The lowest BCUT2D eigenvalue weighted by Gasteiger charge is -2.09. The van der Waals surface area contributed by atoms with Crippen molar-refractivity contribution in [3.8, 4) is 0 Å². The number of hydrogen-bond acceptors (Lipinski definition) is 5. The lowest BCUT2D eigenvalue weighted by molar-refractivity contribution is 0.593. The Kier molecular flexibility index (Phi) is 3.34. The summed E-state index contributed by atoms with van der Waals surface area (Å²) in [6.07, 6.45) is 1.40. The summed E-state index contributed by atoms with van der Waals surface area (Å²) in [5, 5.41) is 7.12. The van der Waals surface area contributed by atoms with Crippen LogP contribution in [0.25, 0.3) is 0 Å². The molecule has 2 rings (SSSR count). The van der Waals surface area contributed by atoms with Crippen LogP contribution in [0, 0.1) is 12.7 Å². The average molecular weight is 282 g/mol. The predicted octanol–water partition coefficient (Wildman–Crippen LogP) is 1.31. The van der Waals surface area contributed by atoms with Crippen LogP contribution in [-0.2, 0) is 10.0 Å². The van der Waals surface area contributed by atoms with Gasteiger partial charge in [-0.05, 0) is 31.2 Å². The van der Waals surface area contributed by atoms with Crippen LogP contribution in [0.4, 0.5) is 15.9 Å². The van der Waals surface area contributed by atoms with E-state index in [1.807, 2.05) is 0 Å². The van der Waals surface area contributed by atoms with Crippen LogP contribution >= 0.6 is 0 Å². The smallest absolute Gasteiger partial charge is 0.263 e. The van der Waals surface area contributed by atoms with Gasteiger partial charge in [0.2, 0.25) is 0 Å². The molecule has 1 heterocycles. The van der Waals surface area contributed by atoms with E-state index >= 15 is 0 Å². The molecule has 3 N–H and O–H groups in total. The highest BCUT2D eigenvalue weighted by Crippen LogP contribution is 2.22. The Balaban J connectivity index is 2.40. The first-order chi connectivity index (χ1) is 8.90. The topological polar surface area (TPSA) is 98.0 Å². The highest BCUT2D eigenvalue weighted by molar-refractivity contribution is 7.92. The fourth-order valence-corrected chi connectivity index (χ4v) is 2.42. The predicted molar refractivity (Wildman–Crippen MR) is 68.4 cm³/mol. The molecular formula is C11H11FN4O2S. The van der Waals surface area contributed by atoms with E-state index in [0.717, 1.165) is 6.07 Å². The van der Waals surface area contributed by atoms with E-state index in [4.69, 9.17) is 5.73 Å². The van der Waals surface area contributed by atoms with Crippen LogP contribution in [0.15, 0.2) is 35.4 Å². The van der Waals surface area contributed by atoms with Crippen molar-refractivity contribution < 1.29 is 12.8 Å². The number of nitrogen functional groups attached to an aromatic ring is 1. The third kappa shape index (κ3) is 2.79. The Labute approximate surface area is 109 Å². The van der Waals surface area contributed by atoms with E-state index in [1.165, 1.54) is 31.3 Å². The molecule has 19 heavy (non-hydrogen) atoms. The van der Waals surface area contributed by atoms with Crippen molar-refractivity contribution in [1.29, 1.82) is 0 Å². The minimum Gasteiger partial charge on any atom is -0.398 e. The van der Waals surface area contributed by atoms with Gasteiger partial charge in [-0.1, -0.05) is 0 Å². The zero-order valence-corrected chi connectivity index (χ0v) is 10.8. The molecule has 8 heteroatoms. The number of nitrogens with zero attached hydrogens (tertiary/aromatic N) is 2. The maximum atomic E-state index is 13.5. The Morgan fingerprint density at radius 1 is 1.37 bits per heavy atom. The quantitative estimate of drug-likeness (QED) is 0.827. The van der Waals surface area contributed by atoms with Gasteiger partial charge in [0.05, 0.1) is 4.90 Å². The Bertz CT molecular complexity index is 681. The summed E-state index contributed by atoms with van der Waals surface area (Å²) in [6.45, 7) is 1.47. The van der Waals surface area contributed by atoms with Crippen molar-refractivity contribution in [2.75, 3.05) is 10.5 Å². The number of nitrogens with two attached hydrogens (primary N) is 1. The molecule has 0 fully saturated rings. The summed E-state index contributed by atoms with van der Waals surface area (Å²) in [5.41, 5.74) is 5.83. The molecule has 0 aliphatic carbocycles. The SMILES string of the molecule is Cc1c(N)cc(S(=O)(=O)Nc2cccnn2)cc1F. The molecule has 0 spiro atoms. The minimum absolute atomic E-state index is 0.0436. The number of anilines is 2.